The van der Waals surface area contributed by atoms with E-state index in [1.165, 1.54) is 18.2 Å². The Hall–Kier alpha value is -2.02. The quantitative estimate of drug-likeness (QED) is 0.275. The van der Waals surface area contributed by atoms with E-state index in [0.29, 0.717) is 0 Å². The Labute approximate surface area is 102 Å². The molecule has 0 amide bonds. The van der Waals surface area contributed by atoms with Gasteiger partial charge in [-0.2, -0.15) is 0 Å². The van der Waals surface area contributed by atoms with Crippen LogP contribution in [0.2, 0.25) is 5.02 Å². The van der Waals surface area contributed by atoms with E-state index >= 15 is 0 Å². The number of amidine groups is 1. The summed E-state index contributed by atoms with van der Waals surface area (Å²) in [4.78, 5) is 10.1. The predicted octanol–water partition coefficient (Wildman–Crippen LogP) is 1.76. The summed E-state index contributed by atoms with van der Waals surface area (Å²) in [6.45, 7) is 0.0282. The topological polar surface area (TPSA) is 111 Å². The molecule has 0 saturated heterocycles. The summed E-state index contributed by atoms with van der Waals surface area (Å²) < 4.78 is 5.16. The molecular formula is C9H10ClN3O4. The van der Waals surface area contributed by atoms with E-state index in [9.17, 15) is 10.1 Å². The van der Waals surface area contributed by atoms with Crippen molar-refractivity contribution in [2.24, 2.45) is 10.9 Å². The fourth-order valence-corrected chi connectivity index (χ4v) is 1.32. The van der Waals surface area contributed by atoms with Crippen LogP contribution in [0.3, 0.4) is 0 Å². The van der Waals surface area contributed by atoms with Gasteiger partial charge in [-0.15, -0.1) is 0 Å². The zero-order valence-corrected chi connectivity index (χ0v) is 9.42. The highest BCUT2D eigenvalue weighted by Crippen LogP contribution is 2.34. The molecule has 0 heterocycles. The van der Waals surface area contributed by atoms with Crippen LogP contribution in [0.15, 0.2) is 23.4 Å². The van der Waals surface area contributed by atoms with Gasteiger partial charge in [0.1, 0.15) is 5.84 Å². The van der Waals surface area contributed by atoms with Crippen LogP contribution in [0.25, 0.3) is 0 Å². The first-order chi connectivity index (χ1) is 8.06. The first-order valence-corrected chi connectivity index (χ1v) is 4.96. The standard InChI is InChI=1S/C9H10ClN3O4/c10-6-2-1-3-7(13(15)16)9(6)17-5-4-8(11)12-14/h1-3,14H,4-5H2,(H2,11,12). The summed E-state index contributed by atoms with van der Waals surface area (Å²) in [7, 11) is 0. The number of hydrogen-bond donors (Lipinski definition) is 2. The van der Waals surface area contributed by atoms with Gasteiger partial charge in [-0.1, -0.05) is 22.8 Å². The van der Waals surface area contributed by atoms with Gasteiger partial charge < -0.3 is 15.7 Å². The first-order valence-electron chi connectivity index (χ1n) is 4.58. The van der Waals surface area contributed by atoms with Crippen molar-refractivity contribution in [3.63, 3.8) is 0 Å². The molecule has 0 unspecified atom stereocenters. The normalized spacial score (nSPS) is 11.2. The van der Waals surface area contributed by atoms with Crippen LogP contribution in [-0.4, -0.2) is 22.6 Å². The van der Waals surface area contributed by atoms with Gasteiger partial charge in [-0.05, 0) is 6.07 Å². The highest BCUT2D eigenvalue weighted by molar-refractivity contribution is 6.32. The lowest BCUT2D eigenvalue weighted by Gasteiger charge is -2.07. The fraction of sp³-hybridized carbons (Fsp3) is 0.222. The third kappa shape index (κ3) is 3.49. The predicted molar refractivity (Wildman–Crippen MR) is 61.6 cm³/mol. The number of nitrogens with two attached hydrogens (primary N) is 1. The molecule has 1 rings (SSSR count). The zero-order valence-electron chi connectivity index (χ0n) is 8.67. The molecule has 8 heteroatoms. The van der Waals surface area contributed by atoms with Gasteiger partial charge >= 0.3 is 5.69 Å². The molecule has 0 fully saturated rings. The van der Waals surface area contributed by atoms with Crippen molar-refractivity contribution in [1.29, 1.82) is 0 Å². The number of nitrogens with zero attached hydrogens (tertiary/aromatic N) is 2. The molecule has 0 aliphatic heterocycles. The summed E-state index contributed by atoms with van der Waals surface area (Å²) in [6, 6.07) is 4.22. The van der Waals surface area contributed by atoms with E-state index in [-0.39, 0.29) is 35.3 Å². The SMILES string of the molecule is N/C(CCOc1c(Cl)cccc1[N+](=O)[O-])=N/O. The third-order valence-corrected chi connectivity index (χ3v) is 2.17. The molecule has 92 valence electrons. The molecule has 0 bridgehead atoms. The first kappa shape index (κ1) is 13.0. The van der Waals surface area contributed by atoms with Crippen molar-refractivity contribution in [3.8, 4) is 5.75 Å². The monoisotopic (exact) mass is 259 g/mol. The Morgan fingerprint density at radius 3 is 2.94 bits per heavy atom. The molecule has 0 atom stereocenters. The minimum absolute atomic E-state index is 0.0232. The number of ether oxygens (including phenoxy) is 1. The Morgan fingerprint density at radius 1 is 1.65 bits per heavy atom. The average molecular weight is 260 g/mol. The lowest BCUT2D eigenvalue weighted by Crippen LogP contribution is -2.15. The van der Waals surface area contributed by atoms with E-state index in [1.807, 2.05) is 0 Å². The zero-order chi connectivity index (χ0) is 12.8. The second-order valence-corrected chi connectivity index (χ2v) is 3.44. The number of hydrogen-bond acceptors (Lipinski definition) is 5. The van der Waals surface area contributed by atoms with E-state index < -0.39 is 4.92 Å². The van der Waals surface area contributed by atoms with Gasteiger partial charge in [0.25, 0.3) is 0 Å². The molecule has 0 saturated carbocycles. The largest absolute Gasteiger partial charge is 0.485 e. The van der Waals surface area contributed by atoms with Crippen LogP contribution in [-0.2, 0) is 0 Å². The average Bonchev–Trinajstić information content (AvgIpc) is 2.30. The second kappa shape index (κ2) is 5.90. The Balaban J connectivity index is 2.79. The number of oxime groups is 1. The summed E-state index contributed by atoms with van der Waals surface area (Å²) in [5.74, 6) is -0.0513. The van der Waals surface area contributed by atoms with Crippen molar-refractivity contribution in [3.05, 3.63) is 33.3 Å². The maximum atomic E-state index is 10.7. The Kier molecular flexibility index (Phi) is 4.53. The lowest BCUT2D eigenvalue weighted by molar-refractivity contribution is -0.385. The minimum Gasteiger partial charge on any atom is -0.485 e. The molecule has 0 aliphatic rings. The Bertz CT molecular complexity index is 450. The number of nitro benzene ring substituents is 1. The summed E-state index contributed by atoms with van der Waals surface area (Å²) >= 11 is 5.78. The molecule has 0 spiro atoms. The maximum absolute atomic E-state index is 10.7. The highest BCUT2D eigenvalue weighted by Gasteiger charge is 2.17. The minimum atomic E-state index is -0.593. The second-order valence-electron chi connectivity index (χ2n) is 3.03. The molecule has 0 aliphatic carbocycles. The molecular weight excluding hydrogens is 250 g/mol. The molecule has 1 aromatic rings. The van der Waals surface area contributed by atoms with Crippen LogP contribution in [0.5, 0.6) is 5.75 Å². The molecule has 0 aromatic heterocycles. The summed E-state index contributed by atoms with van der Waals surface area (Å²) in [5, 5.41) is 21.9. The molecule has 1 aromatic carbocycles. The highest BCUT2D eigenvalue weighted by atomic mass is 35.5. The smallest absolute Gasteiger partial charge is 0.312 e. The molecule has 17 heavy (non-hydrogen) atoms. The van der Waals surface area contributed by atoms with Gasteiger partial charge in [0.2, 0.25) is 5.75 Å². The third-order valence-electron chi connectivity index (χ3n) is 1.88. The van der Waals surface area contributed by atoms with E-state index in [0.717, 1.165) is 0 Å². The number of halogens is 1. The molecule has 0 radical (unpaired) electrons. The fourth-order valence-electron chi connectivity index (χ4n) is 1.09. The number of nitro groups is 1. The molecule has 3 N–H and O–H groups in total. The van der Waals surface area contributed by atoms with Crippen LogP contribution in [0, 0.1) is 10.1 Å². The van der Waals surface area contributed by atoms with Gasteiger partial charge in [-0.25, -0.2) is 0 Å². The Morgan fingerprint density at radius 2 is 2.35 bits per heavy atom. The van der Waals surface area contributed by atoms with Gasteiger partial charge in [0.15, 0.2) is 0 Å². The van der Waals surface area contributed by atoms with Gasteiger partial charge in [-0.3, -0.25) is 10.1 Å². The number of rotatable bonds is 5. The van der Waals surface area contributed by atoms with Crippen LogP contribution in [0.4, 0.5) is 5.69 Å². The summed E-state index contributed by atoms with van der Waals surface area (Å²) in [6.07, 6.45) is 0.138. The van der Waals surface area contributed by atoms with Crippen molar-refractivity contribution in [2.45, 2.75) is 6.42 Å². The van der Waals surface area contributed by atoms with Crippen LogP contribution in [0.1, 0.15) is 6.42 Å². The van der Waals surface area contributed by atoms with Crippen LogP contribution < -0.4 is 10.5 Å². The van der Waals surface area contributed by atoms with Gasteiger partial charge in [0, 0.05) is 12.5 Å². The van der Waals surface area contributed by atoms with E-state index in [1.54, 1.807) is 0 Å². The summed E-state index contributed by atoms with van der Waals surface area (Å²) in [5.41, 5.74) is 5.00. The van der Waals surface area contributed by atoms with Crippen molar-refractivity contribution >= 4 is 23.1 Å². The van der Waals surface area contributed by atoms with E-state index in [2.05, 4.69) is 5.16 Å². The van der Waals surface area contributed by atoms with Crippen molar-refractivity contribution in [2.75, 3.05) is 6.61 Å². The molecule has 7 nitrogen and oxygen atoms in total. The number of para-hydroxylation sites is 1. The van der Waals surface area contributed by atoms with Crippen LogP contribution >= 0.6 is 11.6 Å². The maximum Gasteiger partial charge on any atom is 0.312 e. The van der Waals surface area contributed by atoms with E-state index in [4.69, 9.17) is 27.3 Å². The van der Waals surface area contributed by atoms with Gasteiger partial charge in [0.05, 0.1) is 16.6 Å². The van der Waals surface area contributed by atoms with Crippen molar-refractivity contribution < 1.29 is 14.9 Å². The number of benzene rings is 1. The van der Waals surface area contributed by atoms with Crippen molar-refractivity contribution in [1.82, 2.24) is 0 Å². The lowest BCUT2D eigenvalue weighted by atomic mass is 10.3.